The van der Waals surface area contributed by atoms with E-state index in [1.807, 2.05) is 74.7 Å². The topological polar surface area (TPSA) is 51.2 Å². The van der Waals surface area contributed by atoms with Crippen LogP contribution < -0.4 is 4.74 Å². The Balaban J connectivity index is 2.01. The number of aromatic nitrogens is 2. The molecule has 0 saturated heterocycles. The second-order valence-corrected chi connectivity index (χ2v) is 5.79. The van der Waals surface area contributed by atoms with Crippen molar-refractivity contribution in [3.05, 3.63) is 53.9 Å². The van der Waals surface area contributed by atoms with Gasteiger partial charge in [0.15, 0.2) is 5.82 Å². The van der Waals surface area contributed by atoms with Crippen molar-refractivity contribution in [2.24, 2.45) is 10.2 Å². The Bertz CT molecular complexity index is 865. The molecule has 118 valence electrons. The minimum absolute atomic E-state index is 0.0894. The third-order valence-electron chi connectivity index (χ3n) is 3.39. The molecule has 0 aliphatic carbocycles. The molecular weight excluding hydrogens is 288 g/mol. The van der Waals surface area contributed by atoms with Crippen LogP contribution in [0.5, 0.6) is 5.75 Å². The Morgan fingerprint density at radius 3 is 2.61 bits per heavy atom. The van der Waals surface area contributed by atoms with Gasteiger partial charge in [0.25, 0.3) is 0 Å². The average molecular weight is 308 g/mol. The van der Waals surface area contributed by atoms with Crippen LogP contribution in [0.3, 0.4) is 0 Å². The number of azo groups is 1. The molecule has 0 saturated carbocycles. The molecule has 23 heavy (non-hydrogen) atoms. The van der Waals surface area contributed by atoms with Gasteiger partial charge in [-0.3, -0.25) is 4.40 Å². The van der Waals surface area contributed by atoms with Crippen LogP contribution in [0.15, 0.2) is 52.8 Å². The van der Waals surface area contributed by atoms with Gasteiger partial charge in [-0.2, -0.15) is 0 Å². The summed E-state index contributed by atoms with van der Waals surface area (Å²) in [6.45, 7) is 7.96. The van der Waals surface area contributed by atoms with Gasteiger partial charge in [-0.25, -0.2) is 4.98 Å². The monoisotopic (exact) mass is 308 g/mol. The molecule has 0 aliphatic heterocycles. The number of aryl methyl sites for hydroxylation is 2. The van der Waals surface area contributed by atoms with Crippen LogP contribution in [-0.4, -0.2) is 15.5 Å². The van der Waals surface area contributed by atoms with E-state index in [1.54, 1.807) is 0 Å². The molecule has 5 heteroatoms. The minimum atomic E-state index is 0.0894. The standard InChI is InChI=1S/C18H20N4O/c1-12(2)23-16-8-6-5-7-15(16)20-21-18-14(4)19-17-10-9-13(3)11-22(17)18/h5-12H,1-4H3. The number of pyridine rings is 1. The molecule has 0 bridgehead atoms. The number of benzene rings is 1. The summed E-state index contributed by atoms with van der Waals surface area (Å²) in [5, 5.41) is 8.80. The summed E-state index contributed by atoms with van der Waals surface area (Å²) in [4.78, 5) is 4.52. The van der Waals surface area contributed by atoms with E-state index in [0.29, 0.717) is 5.69 Å². The van der Waals surface area contributed by atoms with E-state index in [4.69, 9.17) is 4.74 Å². The van der Waals surface area contributed by atoms with Crippen LogP contribution >= 0.6 is 0 Å². The Morgan fingerprint density at radius 1 is 1.04 bits per heavy atom. The van der Waals surface area contributed by atoms with E-state index in [1.165, 1.54) is 0 Å². The zero-order valence-corrected chi connectivity index (χ0v) is 13.8. The number of ether oxygens (including phenoxy) is 1. The van der Waals surface area contributed by atoms with Gasteiger partial charge >= 0.3 is 0 Å². The number of hydrogen-bond acceptors (Lipinski definition) is 4. The number of imidazole rings is 1. The van der Waals surface area contributed by atoms with Crippen molar-refractivity contribution >= 4 is 17.2 Å². The van der Waals surface area contributed by atoms with Crippen LogP contribution in [0.1, 0.15) is 25.1 Å². The van der Waals surface area contributed by atoms with Crippen molar-refractivity contribution in [2.75, 3.05) is 0 Å². The Labute approximate surface area is 135 Å². The maximum Gasteiger partial charge on any atom is 0.182 e. The quantitative estimate of drug-likeness (QED) is 0.625. The van der Waals surface area contributed by atoms with Gasteiger partial charge in [0.2, 0.25) is 0 Å². The van der Waals surface area contributed by atoms with Crippen LogP contribution in [0.2, 0.25) is 0 Å². The van der Waals surface area contributed by atoms with Gasteiger partial charge < -0.3 is 4.74 Å². The zero-order chi connectivity index (χ0) is 16.4. The lowest BCUT2D eigenvalue weighted by atomic mass is 10.3. The van der Waals surface area contributed by atoms with Crippen molar-refractivity contribution in [1.82, 2.24) is 9.38 Å². The second-order valence-electron chi connectivity index (χ2n) is 5.79. The molecule has 2 heterocycles. The van der Waals surface area contributed by atoms with Crippen LogP contribution in [0.25, 0.3) is 5.65 Å². The van der Waals surface area contributed by atoms with Crippen molar-refractivity contribution in [2.45, 2.75) is 33.8 Å². The average Bonchev–Trinajstić information content (AvgIpc) is 2.81. The molecule has 0 unspecified atom stereocenters. The van der Waals surface area contributed by atoms with Crippen LogP contribution in [0.4, 0.5) is 11.5 Å². The number of hydrogen-bond donors (Lipinski definition) is 0. The largest absolute Gasteiger partial charge is 0.489 e. The first kappa shape index (κ1) is 15.2. The highest BCUT2D eigenvalue weighted by Gasteiger charge is 2.09. The van der Waals surface area contributed by atoms with E-state index in [9.17, 15) is 0 Å². The van der Waals surface area contributed by atoms with Gasteiger partial charge in [-0.05, 0) is 51.5 Å². The number of para-hydroxylation sites is 1. The lowest BCUT2D eigenvalue weighted by Gasteiger charge is -2.10. The van der Waals surface area contributed by atoms with Gasteiger partial charge in [-0.15, -0.1) is 10.2 Å². The fourth-order valence-electron chi connectivity index (χ4n) is 2.37. The van der Waals surface area contributed by atoms with E-state index in [0.717, 1.165) is 28.5 Å². The highest BCUT2D eigenvalue weighted by atomic mass is 16.5. The predicted octanol–water partition coefficient (Wildman–Crippen LogP) is 5.15. The van der Waals surface area contributed by atoms with E-state index in [2.05, 4.69) is 15.2 Å². The molecule has 5 nitrogen and oxygen atoms in total. The first-order valence-electron chi connectivity index (χ1n) is 7.67. The van der Waals surface area contributed by atoms with Gasteiger partial charge in [-0.1, -0.05) is 18.2 Å². The fourth-order valence-corrected chi connectivity index (χ4v) is 2.37. The lowest BCUT2D eigenvalue weighted by Crippen LogP contribution is -2.05. The minimum Gasteiger partial charge on any atom is -0.489 e. The van der Waals surface area contributed by atoms with Crippen molar-refractivity contribution in [3.63, 3.8) is 0 Å². The molecule has 1 aromatic carbocycles. The summed E-state index contributed by atoms with van der Waals surface area (Å²) in [6.07, 6.45) is 2.10. The summed E-state index contributed by atoms with van der Waals surface area (Å²) >= 11 is 0. The maximum absolute atomic E-state index is 5.78. The first-order valence-corrected chi connectivity index (χ1v) is 7.67. The third kappa shape index (κ3) is 3.23. The molecule has 3 aromatic rings. The molecule has 0 atom stereocenters. The first-order chi connectivity index (χ1) is 11.0. The molecule has 2 aromatic heterocycles. The lowest BCUT2D eigenvalue weighted by molar-refractivity contribution is 0.243. The maximum atomic E-state index is 5.78. The summed E-state index contributed by atoms with van der Waals surface area (Å²) < 4.78 is 7.73. The van der Waals surface area contributed by atoms with Gasteiger partial charge in [0.1, 0.15) is 17.1 Å². The Kier molecular flexibility index (Phi) is 4.10. The fraction of sp³-hybridized carbons (Fsp3) is 0.278. The van der Waals surface area contributed by atoms with Crippen molar-refractivity contribution < 1.29 is 4.74 Å². The van der Waals surface area contributed by atoms with E-state index < -0.39 is 0 Å². The van der Waals surface area contributed by atoms with Gasteiger partial charge in [0.05, 0.1) is 11.8 Å². The molecule has 0 radical (unpaired) electrons. The molecule has 0 aliphatic rings. The summed E-state index contributed by atoms with van der Waals surface area (Å²) in [5.41, 5.74) is 3.58. The molecular formula is C18H20N4O. The SMILES string of the molecule is Cc1ccc2nc(C)c(N=Nc3ccccc3OC(C)C)n2c1. The summed E-state index contributed by atoms with van der Waals surface area (Å²) in [5.74, 6) is 1.47. The zero-order valence-electron chi connectivity index (χ0n) is 13.8. The third-order valence-corrected chi connectivity index (χ3v) is 3.39. The highest BCUT2D eigenvalue weighted by Crippen LogP contribution is 2.30. The second kappa shape index (κ2) is 6.20. The molecule has 0 amide bonds. The van der Waals surface area contributed by atoms with E-state index in [-0.39, 0.29) is 6.10 Å². The summed E-state index contributed by atoms with van der Waals surface area (Å²) in [6, 6.07) is 11.7. The number of fused-ring (bicyclic) bond motifs is 1. The smallest absolute Gasteiger partial charge is 0.182 e. The van der Waals surface area contributed by atoms with Crippen molar-refractivity contribution in [1.29, 1.82) is 0 Å². The molecule has 0 spiro atoms. The summed E-state index contributed by atoms with van der Waals surface area (Å²) in [7, 11) is 0. The molecule has 0 fully saturated rings. The Morgan fingerprint density at radius 2 is 1.83 bits per heavy atom. The number of nitrogens with zero attached hydrogens (tertiary/aromatic N) is 4. The highest BCUT2D eigenvalue weighted by molar-refractivity contribution is 5.54. The molecule has 3 rings (SSSR count). The number of rotatable bonds is 4. The van der Waals surface area contributed by atoms with Crippen LogP contribution in [0, 0.1) is 13.8 Å². The van der Waals surface area contributed by atoms with Crippen molar-refractivity contribution in [3.8, 4) is 5.75 Å². The van der Waals surface area contributed by atoms with Crippen LogP contribution in [-0.2, 0) is 0 Å². The molecule has 0 N–H and O–H groups in total. The normalized spacial score (nSPS) is 11.7. The predicted molar refractivity (Wildman–Crippen MR) is 91.0 cm³/mol. The van der Waals surface area contributed by atoms with Gasteiger partial charge in [0, 0.05) is 6.20 Å². The Hall–Kier alpha value is -2.69. The van der Waals surface area contributed by atoms with E-state index >= 15 is 0 Å².